The summed E-state index contributed by atoms with van der Waals surface area (Å²) in [5, 5.41) is 4.66. The van der Waals surface area contributed by atoms with Gasteiger partial charge in [-0.15, -0.1) is 0 Å². The van der Waals surface area contributed by atoms with Crippen molar-refractivity contribution in [2.45, 2.75) is 24.8 Å². The van der Waals surface area contributed by atoms with E-state index in [2.05, 4.69) is 5.32 Å². The lowest BCUT2D eigenvalue weighted by Crippen LogP contribution is -2.40. The summed E-state index contributed by atoms with van der Waals surface area (Å²) in [6, 6.07) is 12.1. The van der Waals surface area contributed by atoms with Crippen molar-refractivity contribution in [1.29, 1.82) is 0 Å². The lowest BCUT2D eigenvalue weighted by atomic mass is 10.1. The summed E-state index contributed by atoms with van der Waals surface area (Å²) in [7, 11) is -3.51. The number of ketones is 1. The largest absolute Gasteiger partial charge is 0.460 e. The number of nitrogens with one attached hydrogen (secondary N) is 1. The molecule has 1 aliphatic rings. The van der Waals surface area contributed by atoms with Crippen LogP contribution in [-0.2, 0) is 32.5 Å². The molecule has 0 spiro atoms. The highest BCUT2D eigenvalue weighted by atomic mass is 35.5. The SMILES string of the molecule is Cc1c(CC(=O)CNCc2ccc(S(=O)(=O)N3CCOCC3)cc2)oc2ccc(Cl)cc12. The standard InChI is InChI=1S/C23H25ClN2O5S/c1-16-21-12-18(24)4-7-22(21)31-23(16)13-19(27)15-25-14-17-2-5-20(6-3-17)32(28,29)26-8-10-30-11-9-26/h2-7,12,25H,8-11,13-15H2,1H3. The van der Waals surface area contributed by atoms with Crippen LogP contribution in [0.4, 0.5) is 0 Å². The summed E-state index contributed by atoms with van der Waals surface area (Å²) < 4.78 is 37.8. The molecule has 7 nitrogen and oxygen atoms in total. The van der Waals surface area contributed by atoms with Crippen molar-refractivity contribution in [2.75, 3.05) is 32.8 Å². The molecule has 1 saturated heterocycles. The molecular weight excluding hydrogens is 452 g/mol. The van der Waals surface area contributed by atoms with E-state index in [0.717, 1.165) is 22.1 Å². The van der Waals surface area contributed by atoms with Crippen LogP contribution in [0.15, 0.2) is 51.8 Å². The molecule has 4 rings (SSSR count). The van der Waals surface area contributed by atoms with Gasteiger partial charge in [-0.25, -0.2) is 8.42 Å². The minimum Gasteiger partial charge on any atom is -0.460 e. The fourth-order valence-corrected chi connectivity index (χ4v) is 5.30. The predicted octanol–water partition coefficient (Wildman–Crippen LogP) is 3.32. The van der Waals surface area contributed by atoms with Crippen LogP contribution in [-0.4, -0.2) is 51.4 Å². The third-order valence-electron chi connectivity index (χ3n) is 5.54. The van der Waals surface area contributed by atoms with Gasteiger partial charge in [0.05, 0.1) is 31.1 Å². The Bertz CT molecular complexity index is 1220. The lowest BCUT2D eigenvalue weighted by molar-refractivity contribution is -0.117. The van der Waals surface area contributed by atoms with E-state index in [0.29, 0.717) is 43.6 Å². The normalized spacial score (nSPS) is 15.3. The van der Waals surface area contributed by atoms with E-state index in [1.165, 1.54) is 4.31 Å². The summed E-state index contributed by atoms with van der Waals surface area (Å²) in [6.45, 7) is 4.12. The van der Waals surface area contributed by atoms with Crippen LogP contribution in [0.3, 0.4) is 0 Å². The van der Waals surface area contributed by atoms with Crippen LogP contribution < -0.4 is 5.32 Å². The number of morpholine rings is 1. The number of nitrogens with zero attached hydrogens (tertiary/aromatic N) is 1. The number of aryl methyl sites for hydroxylation is 1. The van der Waals surface area contributed by atoms with Crippen molar-refractivity contribution >= 4 is 38.4 Å². The van der Waals surface area contributed by atoms with E-state index in [1.807, 2.05) is 13.0 Å². The summed E-state index contributed by atoms with van der Waals surface area (Å²) in [5.74, 6) is 0.650. The number of furan rings is 1. The molecule has 170 valence electrons. The number of rotatable bonds is 8. The topological polar surface area (TPSA) is 88.9 Å². The minimum atomic E-state index is -3.51. The first-order valence-electron chi connectivity index (χ1n) is 10.4. The number of sulfonamides is 1. The van der Waals surface area contributed by atoms with Gasteiger partial charge in [0, 0.05) is 30.0 Å². The van der Waals surface area contributed by atoms with Crippen molar-refractivity contribution in [3.8, 4) is 0 Å². The van der Waals surface area contributed by atoms with Gasteiger partial charge in [-0.2, -0.15) is 4.31 Å². The first-order valence-corrected chi connectivity index (χ1v) is 12.2. The Morgan fingerprint density at radius 3 is 2.56 bits per heavy atom. The van der Waals surface area contributed by atoms with Gasteiger partial charge in [0.2, 0.25) is 10.0 Å². The minimum absolute atomic E-state index is 0.00442. The summed E-state index contributed by atoms with van der Waals surface area (Å²) in [6.07, 6.45) is 0.196. The van der Waals surface area contributed by atoms with Crippen LogP contribution in [0.25, 0.3) is 11.0 Å². The Balaban J connectivity index is 1.31. The lowest BCUT2D eigenvalue weighted by Gasteiger charge is -2.26. The van der Waals surface area contributed by atoms with Crippen LogP contribution in [0.5, 0.6) is 0 Å². The molecule has 0 unspecified atom stereocenters. The highest BCUT2D eigenvalue weighted by Gasteiger charge is 2.26. The van der Waals surface area contributed by atoms with Crippen molar-refractivity contribution in [2.24, 2.45) is 0 Å². The molecule has 3 aromatic rings. The molecule has 0 saturated carbocycles. The molecule has 0 bridgehead atoms. The molecule has 1 aromatic heterocycles. The number of hydrogen-bond donors (Lipinski definition) is 1. The maximum absolute atomic E-state index is 12.7. The Hall–Kier alpha value is -2.23. The summed E-state index contributed by atoms with van der Waals surface area (Å²) >= 11 is 6.05. The van der Waals surface area contributed by atoms with Crippen molar-refractivity contribution in [3.05, 3.63) is 64.4 Å². The molecule has 2 aromatic carbocycles. The number of halogens is 1. The van der Waals surface area contributed by atoms with E-state index >= 15 is 0 Å². The predicted molar refractivity (Wildman–Crippen MR) is 122 cm³/mol. The Kier molecular flexibility index (Phi) is 6.97. The number of hydrogen-bond acceptors (Lipinski definition) is 6. The van der Waals surface area contributed by atoms with Crippen LogP contribution in [0.2, 0.25) is 5.02 Å². The zero-order valence-corrected chi connectivity index (χ0v) is 19.3. The molecule has 0 aliphatic carbocycles. The van der Waals surface area contributed by atoms with Gasteiger partial charge in [-0.3, -0.25) is 4.79 Å². The summed E-state index contributed by atoms with van der Waals surface area (Å²) in [5.41, 5.74) is 2.54. The van der Waals surface area contributed by atoms with E-state index in [-0.39, 0.29) is 23.6 Å². The first kappa shape index (κ1) is 22.9. The van der Waals surface area contributed by atoms with Gasteiger partial charge < -0.3 is 14.5 Å². The average molecular weight is 477 g/mol. The molecule has 32 heavy (non-hydrogen) atoms. The fourth-order valence-electron chi connectivity index (χ4n) is 3.72. The zero-order chi connectivity index (χ0) is 22.7. The Morgan fingerprint density at radius 1 is 1.12 bits per heavy atom. The second-order valence-electron chi connectivity index (χ2n) is 7.77. The van der Waals surface area contributed by atoms with E-state index < -0.39 is 10.0 Å². The smallest absolute Gasteiger partial charge is 0.243 e. The quantitative estimate of drug-likeness (QED) is 0.536. The van der Waals surface area contributed by atoms with Crippen molar-refractivity contribution in [1.82, 2.24) is 9.62 Å². The number of ether oxygens (including phenoxy) is 1. The molecule has 2 heterocycles. The second kappa shape index (κ2) is 9.72. The van der Waals surface area contributed by atoms with Gasteiger partial charge in [-0.1, -0.05) is 23.7 Å². The van der Waals surface area contributed by atoms with E-state index in [9.17, 15) is 13.2 Å². The van der Waals surface area contributed by atoms with Gasteiger partial charge in [0.1, 0.15) is 11.3 Å². The molecule has 1 aliphatic heterocycles. The maximum atomic E-state index is 12.7. The monoisotopic (exact) mass is 476 g/mol. The third-order valence-corrected chi connectivity index (χ3v) is 7.69. The van der Waals surface area contributed by atoms with Gasteiger partial charge in [0.25, 0.3) is 0 Å². The van der Waals surface area contributed by atoms with E-state index in [4.69, 9.17) is 20.8 Å². The molecule has 0 atom stereocenters. The zero-order valence-electron chi connectivity index (χ0n) is 17.8. The molecular formula is C23H25ClN2O5S. The third kappa shape index (κ3) is 5.05. The average Bonchev–Trinajstić information content (AvgIpc) is 3.09. The Labute approximate surface area is 192 Å². The first-order chi connectivity index (χ1) is 15.3. The van der Waals surface area contributed by atoms with Crippen molar-refractivity contribution < 1.29 is 22.4 Å². The number of fused-ring (bicyclic) bond motifs is 1. The number of carbonyl (C=O) groups excluding carboxylic acids is 1. The van der Waals surface area contributed by atoms with Crippen molar-refractivity contribution in [3.63, 3.8) is 0 Å². The number of Topliss-reactive ketones (excluding diaryl/α,β-unsaturated/α-hetero) is 1. The Morgan fingerprint density at radius 2 is 1.84 bits per heavy atom. The number of benzene rings is 2. The van der Waals surface area contributed by atoms with Gasteiger partial charge in [-0.05, 0) is 48.4 Å². The maximum Gasteiger partial charge on any atom is 0.243 e. The van der Waals surface area contributed by atoms with Crippen LogP contribution >= 0.6 is 11.6 Å². The van der Waals surface area contributed by atoms with E-state index in [1.54, 1.807) is 36.4 Å². The highest BCUT2D eigenvalue weighted by Crippen LogP contribution is 2.28. The summed E-state index contributed by atoms with van der Waals surface area (Å²) in [4.78, 5) is 12.7. The van der Waals surface area contributed by atoms with Gasteiger partial charge >= 0.3 is 0 Å². The number of carbonyl (C=O) groups is 1. The highest BCUT2D eigenvalue weighted by molar-refractivity contribution is 7.89. The molecule has 1 N–H and O–H groups in total. The molecule has 0 radical (unpaired) electrons. The molecule has 9 heteroatoms. The van der Waals surface area contributed by atoms with Crippen LogP contribution in [0, 0.1) is 6.92 Å². The second-order valence-corrected chi connectivity index (χ2v) is 10.1. The van der Waals surface area contributed by atoms with Crippen LogP contribution in [0.1, 0.15) is 16.9 Å². The fraction of sp³-hybridized carbons (Fsp3) is 0.348. The van der Waals surface area contributed by atoms with Gasteiger partial charge in [0.15, 0.2) is 5.78 Å². The molecule has 0 amide bonds. The molecule has 1 fully saturated rings.